The first-order valence-electron chi connectivity index (χ1n) is 9.68. The Bertz CT molecular complexity index is 1300. The molecule has 1 saturated carbocycles. The van der Waals surface area contributed by atoms with Crippen LogP contribution in [-0.2, 0) is 0 Å². The molecule has 0 atom stereocenters. The Morgan fingerprint density at radius 2 is 1.90 bits per heavy atom. The lowest BCUT2D eigenvalue weighted by molar-refractivity contribution is 0.0949. The summed E-state index contributed by atoms with van der Waals surface area (Å²) in [7, 11) is 0. The first-order chi connectivity index (χ1) is 14.7. The largest absolute Gasteiger partial charge is 0.349 e. The van der Waals surface area contributed by atoms with Gasteiger partial charge in [0.15, 0.2) is 0 Å². The second-order valence-corrected chi connectivity index (χ2v) is 8.30. The monoisotopic (exact) mass is 414 g/mol. The summed E-state index contributed by atoms with van der Waals surface area (Å²) in [6.07, 6.45) is 8.73. The number of fused-ring (bicyclic) bond motifs is 1. The van der Waals surface area contributed by atoms with Gasteiger partial charge in [-0.1, -0.05) is 17.8 Å². The standard InChI is InChI=1S/C23H18N4O2S/c28-21-19-7-3-11-25-22(19)27(14-20(21)23(29)26-15-8-9-15)16-4-1-5-17(12-16)30-18-6-2-10-24-13-18/h1-7,10-15H,8-9H2,(H,26,29). The van der Waals surface area contributed by atoms with Gasteiger partial charge < -0.3 is 9.88 Å². The van der Waals surface area contributed by atoms with Crippen molar-refractivity contribution < 1.29 is 4.79 Å². The van der Waals surface area contributed by atoms with Gasteiger partial charge in [-0.05, 0) is 55.3 Å². The fraction of sp³-hybridized carbons (Fsp3) is 0.130. The van der Waals surface area contributed by atoms with E-state index in [2.05, 4.69) is 15.3 Å². The molecule has 0 spiro atoms. The number of rotatable bonds is 5. The minimum Gasteiger partial charge on any atom is -0.349 e. The number of carbonyl (C=O) groups is 1. The second kappa shape index (κ2) is 7.76. The maximum absolute atomic E-state index is 12.9. The number of aromatic nitrogens is 3. The number of nitrogens with one attached hydrogen (secondary N) is 1. The lowest BCUT2D eigenvalue weighted by atomic mass is 10.1. The molecule has 0 aliphatic heterocycles. The number of hydrogen-bond donors (Lipinski definition) is 1. The molecule has 1 aromatic carbocycles. The van der Waals surface area contributed by atoms with E-state index in [-0.39, 0.29) is 22.9 Å². The predicted molar refractivity (Wildman–Crippen MR) is 116 cm³/mol. The molecule has 4 aromatic rings. The quantitative estimate of drug-likeness (QED) is 0.537. The SMILES string of the molecule is O=C(NC1CC1)c1cn(-c2cccc(Sc3cccnc3)c2)c2ncccc2c1=O. The second-order valence-electron chi connectivity index (χ2n) is 7.15. The summed E-state index contributed by atoms with van der Waals surface area (Å²) in [5.41, 5.74) is 1.18. The molecule has 6 nitrogen and oxygen atoms in total. The molecular formula is C23H18N4O2S. The van der Waals surface area contributed by atoms with Crippen molar-refractivity contribution in [3.8, 4) is 5.69 Å². The summed E-state index contributed by atoms with van der Waals surface area (Å²) < 4.78 is 1.81. The van der Waals surface area contributed by atoms with Crippen molar-refractivity contribution in [2.75, 3.05) is 0 Å². The number of benzene rings is 1. The van der Waals surface area contributed by atoms with E-state index >= 15 is 0 Å². The third-order valence-electron chi connectivity index (χ3n) is 4.89. The van der Waals surface area contributed by atoms with Crippen molar-refractivity contribution in [3.63, 3.8) is 0 Å². The lowest BCUT2D eigenvalue weighted by Crippen LogP contribution is -2.31. The maximum atomic E-state index is 12.9. The van der Waals surface area contributed by atoms with Crippen LogP contribution in [0.4, 0.5) is 0 Å². The third kappa shape index (κ3) is 3.71. The smallest absolute Gasteiger partial charge is 0.257 e. The van der Waals surface area contributed by atoms with Gasteiger partial charge in [-0.25, -0.2) is 4.98 Å². The third-order valence-corrected chi connectivity index (χ3v) is 5.85. The van der Waals surface area contributed by atoms with Crippen LogP contribution in [0.5, 0.6) is 0 Å². The summed E-state index contributed by atoms with van der Waals surface area (Å²) >= 11 is 1.59. The van der Waals surface area contributed by atoms with Crippen molar-refractivity contribution >= 4 is 28.7 Å². The molecular weight excluding hydrogens is 396 g/mol. The van der Waals surface area contributed by atoms with Crippen molar-refractivity contribution in [2.24, 2.45) is 0 Å². The maximum Gasteiger partial charge on any atom is 0.257 e. The summed E-state index contributed by atoms with van der Waals surface area (Å²) in [5.74, 6) is -0.331. The molecule has 1 amide bonds. The van der Waals surface area contributed by atoms with Gasteiger partial charge in [0.1, 0.15) is 11.2 Å². The highest BCUT2D eigenvalue weighted by Gasteiger charge is 2.26. The summed E-state index contributed by atoms with van der Waals surface area (Å²) in [5, 5.41) is 3.34. The molecule has 1 aliphatic carbocycles. The summed E-state index contributed by atoms with van der Waals surface area (Å²) in [6.45, 7) is 0. The Morgan fingerprint density at radius 3 is 2.70 bits per heavy atom. The Kier molecular flexibility index (Phi) is 4.80. The van der Waals surface area contributed by atoms with Crippen molar-refractivity contribution in [1.82, 2.24) is 19.9 Å². The molecule has 3 aromatic heterocycles. The van der Waals surface area contributed by atoms with Crippen molar-refractivity contribution in [3.05, 3.63) is 89.1 Å². The van der Waals surface area contributed by atoms with Gasteiger partial charge in [0.05, 0.1) is 5.39 Å². The molecule has 1 aliphatic rings. The molecule has 148 valence electrons. The highest BCUT2D eigenvalue weighted by Crippen LogP contribution is 2.29. The van der Waals surface area contributed by atoms with E-state index in [1.807, 2.05) is 47.2 Å². The van der Waals surface area contributed by atoms with E-state index in [0.29, 0.717) is 11.0 Å². The van der Waals surface area contributed by atoms with Crippen molar-refractivity contribution in [2.45, 2.75) is 28.7 Å². The number of pyridine rings is 3. The van der Waals surface area contributed by atoms with Gasteiger partial charge in [0, 0.05) is 46.3 Å². The van der Waals surface area contributed by atoms with E-state index in [0.717, 1.165) is 28.3 Å². The summed E-state index contributed by atoms with van der Waals surface area (Å²) in [4.78, 5) is 36.3. The van der Waals surface area contributed by atoms with Crippen LogP contribution in [0.1, 0.15) is 23.2 Å². The Hall–Kier alpha value is -3.45. The molecule has 3 heterocycles. The van der Waals surface area contributed by atoms with Crippen molar-refractivity contribution in [1.29, 1.82) is 0 Å². The summed E-state index contributed by atoms with van der Waals surface area (Å²) in [6, 6.07) is 15.4. The van der Waals surface area contributed by atoms with Gasteiger partial charge in [-0.2, -0.15) is 0 Å². The molecule has 30 heavy (non-hydrogen) atoms. The Morgan fingerprint density at radius 1 is 1.07 bits per heavy atom. The van der Waals surface area contributed by atoms with Crippen LogP contribution in [0.2, 0.25) is 0 Å². The first-order valence-corrected chi connectivity index (χ1v) is 10.5. The molecule has 0 bridgehead atoms. The van der Waals surface area contributed by atoms with Crippen LogP contribution in [0, 0.1) is 0 Å². The van der Waals surface area contributed by atoms with Crippen LogP contribution in [-0.4, -0.2) is 26.5 Å². The number of nitrogens with zero attached hydrogens (tertiary/aromatic N) is 3. The Balaban J connectivity index is 1.61. The number of carbonyl (C=O) groups excluding carboxylic acids is 1. The van der Waals surface area contributed by atoms with Crippen LogP contribution in [0.3, 0.4) is 0 Å². The molecule has 7 heteroatoms. The zero-order valence-electron chi connectivity index (χ0n) is 16.0. The van der Waals surface area contributed by atoms with E-state index < -0.39 is 0 Å². The molecule has 1 fully saturated rings. The van der Waals surface area contributed by atoms with Gasteiger partial charge in [-0.15, -0.1) is 0 Å². The average molecular weight is 414 g/mol. The minimum atomic E-state index is -0.331. The first kappa shape index (κ1) is 18.6. The molecule has 0 unspecified atom stereocenters. The van der Waals surface area contributed by atoms with Crippen LogP contribution < -0.4 is 10.7 Å². The molecule has 0 radical (unpaired) electrons. The number of amides is 1. The van der Waals surface area contributed by atoms with Crippen LogP contribution in [0.25, 0.3) is 16.7 Å². The number of hydrogen-bond acceptors (Lipinski definition) is 5. The van der Waals surface area contributed by atoms with E-state index in [1.54, 1.807) is 42.5 Å². The van der Waals surface area contributed by atoms with Gasteiger partial charge >= 0.3 is 0 Å². The molecule has 0 saturated heterocycles. The normalized spacial score (nSPS) is 13.3. The van der Waals surface area contributed by atoms with E-state index in [9.17, 15) is 9.59 Å². The fourth-order valence-electron chi connectivity index (χ4n) is 3.25. The van der Waals surface area contributed by atoms with Gasteiger partial charge in [-0.3, -0.25) is 14.6 Å². The van der Waals surface area contributed by atoms with Gasteiger partial charge in [0.25, 0.3) is 5.91 Å². The Labute approximate surface area is 177 Å². The lowest BCUT2D eigenvalue weighted by Gasteiger charge is -2.14. The zero-order chi connectivity index (χ0) is 20.5. The highest BCUT2D eigenvalue weighted by molar-refractivity contribution is 7.99. The van der Waals surface area contributed by atoms with Gasteiger partial charge in [0.2, 0.25) is 5.43 Å². The van der Waals surface area contributed by atoms with E-state index in [4.69, 9.17) is 0 Å². The predicted octanol–water partition coefficient (Wildman–Crippen LogP) is 3.82. The zero-order valence-corrected chi connectivity index (χ0v) is 16.8. The molecule has 5 rings (SSSR count). The topological polar surface area (TPSA) is 76.9 Å². The highest BCUT2D eigenvalue weighted by atomic mass is 32.2. The van der Waals surface area contributed by atoms with E-state index in [1.165, 1.54) is 0 Å². The van der Waals surface area contributed by atoms with Crippen LogP contribution >= 0.6 is 11.8 Å². The molecule has 1 N–H and O–H groups in total. The average Bonchev–Trinajstić information content (AvgIpc) is 3.59. The minimum absolute atomic E-state index is 0.132. The fourth-order valence-corrected chi connectivity index (χ4v) is 4.11. The van der Waals surface area contributed by atoms with Crippen LogP contribution in [0.15, 0.2) is 87.9 Å².